The third-order valence-electron chi connectivity index (χ3n) is 8.97. The van der Waals surface area contributed by atoms with Crippen molar-refractivity contribution in [3.63, 3.8) is 0 Å². The van der Waals surface area contributed by atoms with E-state index in [9.17, 15) is 24.0 Å². The van der Waals surface area contributed by atoms with Gasteiger partial charge in [0.15, 0.2) is 10.2 Å². The minimum atomic E-state index is -0.476. The van der Waals surface area contributed by atoms with Gasteiger partial charge in [-0.2, -0.15) is 0 Å². The summed E-state index contributed by atoms with van der Waals surface area (Å²) in [6.07, 6.45) is 9.59. The van der Waals surface area contributed by atoms with Crippen molar-refractivity contribution in [1.82, 2.24) is 21.3 Å². The topological polar surface area (TPSA) is 140 Å². The Balaban J connectivity index is 0.000000185. The number of para-hydroxylation sites is 2. The fourth-order valence-corrected chi connectivity index (χ4v) is 6.94. The summed E-state index contributed by atoms with van der Waals surface area (Å²) in [5.74, 6) is -1.64. The van der Waals surface area contributed by atoms with Crippen molar-refractivity contribution in [3.05, 3.63) is 95.6 Å². The number of anilines is 2. The third-order valence-corrected chi connectivity index (χ3v) is 9.38. The fourth-order valence-electron chi connectivity index (χ4n) is 6.53. The van der Waals surface area contributed by atoms with Crippen LogP contribution >= 0.6 is 24.4 Å². The van der Waals surface area contributed by atoms with Gasteiger partial charge in [-0.1, -0.05) is 82.3 Å². The van der Waals surface area contributed by atoms with Crippen LogP contribution < -0.4 is 31.1 Å². The van der Waals surface area contributed by atoms with Crippen LogP contribution in [0.15, 0.2) is 84.5 Å². The second kappa shape index (κ2) is 15.0. The number of allylic oxidation sites excluding steroid dienone is 3. The Hall–Kier alpha value is -5.01. The molecule has 256 valence electrons. The van der Waals surface area contributed by atoms with Crippen molar-refractivity contribution in [2.24, 2.45) is 0 Å². The van der Waals surface area contributed by atoms with Crippen LogP contribution in [-0.4, -0.2) is 66.3 Å². The zero-order valence-corrected chi connectivity index (χ0v) is 29.8. The molecule has 2 aromatic carbocycles. The molecule has 4 N–H and O–H groups in total. The lowest BCUT2D eigenvalue weighted by Crippen LogP contribution is -2.51. The lowest BCUT2D eigenvalue weighted by Gasteiger charge is -2.29. The third kappa shape index (κ3) is 8.01. The number of carbonyl (C=O) groups excluding carboxylic acids is 5. The molecule has 0 bridgehead atoms. The van der Waals surface area contributed by atoms with Gasteiger partial charge in [-0.05, 0) is 59.8 Å². The quantitative estimate of drug-likeness (QED) is 0.125. The van der Waals surface area contributed by atoms with Crippen molar-refractivity contribution < 1.29 is 24.0 Å². The SMILES string of the molecule is CN1c2ccccc2C(C)(C)C1/C=C/C=C1C(=O)NC(=S)NC1=O.CN1c2ccccc2C(C)(C)C1/C=C/C=O.O=C1CC(=O)NC(=S)N1. The number of fused-ring (bicyclic) bond motifs is 2. The van der Waals surface area contributed by atoms with Gasteiger partial charge >= 0.3 is 0 Å². The number of likely N-dealkylation sites (N-methyl/N-ethyl adjacent to an activating group) is 2. The molecule has 2 saturated heterocycles. The van der Waals surface area contributed by atoms with Gasteiger partial charge in [0.05, 0.1) is 12.1 Å². The molecule has 13 heteroatoms. The molecular weight excluding hydrogens is 661 g/mol. The summed E-state index contributed by atoms with van der Waals surface area (Å²) in [6, 6.07) is 17.1. The summed E-state index contributed by atoms with van der Waals surface area (Å²) >= 11 is 9.28. The average molecular weight is 701 g/mol. The number of benzene rings is 2. The molecule has 2 unspecified atom stereocenters. The van der Waals surface area contributed by atoms with Crippen LogP contribution in [0.3, 0.4) is 0 Å². The molecular formula is C36H40N6O5S2. The van der Waals surface area contributed by atoms with Gasteiger partial charge in [0.2, 0.25) is 11.8 Å². The minimum Gasteiger partial charge on any atom is -0.367 e. The van der Waals surface area contributed by atoms with Crippen LogP contribution in [0.2, 0.25) is 0 Å². The first-order chi connectivity index (χ1) is 23.1. The van der Waals surface area contributed by atoms with E-state index in [0.717, 1.165) is 6.29 Å². The van der Waals surface area contributed by atoms with Gasteiger partial charge in [0, 0.05) is 36.3 Å². The van der Waals surface area contributed by atoms with Crippen LogP contribution in [0.4, 0.5) is 11.4 Å². The highest BCUT2D eigenvalue weighted by atomic mass is 32.1. The van der Waals surface area contributed by atoms with Crippen molar-refractivity contribution in [3.8, 4) is 0 Å². The minimum absolute atomic E-state index is 0.0400. The Labute approximate surface area is 296 Å². The van der Waals surface area contributed by atoms with E-state index in [1.807, 2.05) is 31.3 Å². The average Bonchev–Trinajstić information content (AvgIpc) is 3.34. The predicted octanol–water partition coefficient (Wildman–Crippen LogP) is 3.24. The van der Waals surface area contributed by atoms with E-state index in [0.29, 0.717) is 0 Å². The number of nitrogens with zero attached hydrogens (tertiary/aromatic N) is 2. The molecule has 0 saturated carbocycles. The number of nitrogens with one attached hydrogen (secondary N) is 4. The first-order valence-electron chi connectivity index (χ1n) is 15.5. The second-order valence-electron chi connectivity index (χ2n) is 12.9. The molecule has 49 heavy (non-hydrogen) atoms. The first-order valence-corrected chi connectivity index (χ1v) is 16.4. The van der Waals surface area contributed by atoms with E-state index in [1.54, 1.807) is 12.2 Å². The van der Waals surface area contributed by atoms with Gasteiger partial charge in [0.25, 0.3) is 11.8 Å². The molecule has 11 nitrogen and oxygen atoms in total. The highest BCUT2D eigenvalue weighted by Gasteiger charge is 2.42. The maximum Gasteiger partial charge on any atom is 0.263 e. The number of amides is 4. The second-order valence-corrected chi connectivity index (χ2v) is 13.7. The Morgan fingerprint density at radius 2 is 1.08 bits per heavy atom. The normalized spacial score (nSPS) is 21.8. The molecule has 2 aromatic rings. The van der Waals surface area contributed by atoms with Crippen molar-refractivity contribution >= 4 is 76.0 Å². The van der Waals surface area contributed by atoms with Gasteiger partial charge in [-0.25, -0.2) is 0 Å². The Bertz CT molecular complexity index is 1730. The number of hydrogen-bond acceptors (Lipinski definition) is 9. The largest absolute Gasteiger partial charge is 0.367 e. The van der Waals surface area contributed by atoms with Gasteiger partial charge in [-0.15, -0.1) is 0 Å². The van der Waals surface area contributed by atoms with E-state index in [1.165, 1.54) is 28.6 Å². The number of rotatable bonds is 4. The van der Waals surface area contributed by atoms with Gasteiger partial charge in [-0.3, -0.25) is 34.6 Å². The fraction of sp³-hybridized carbons (Fsp3) is 0.306. The van der Waals surface area contributed by atoms with E-state index in [-0.39, 0.29) is 56.9 Å². The maximum absolute atomic E-state index is 11.8. The molecule has 0 aliphatic carbocycles. The summed E-state index contributed by atoms with van der Waals surface area (Å²) in [7, 11) is 4.13. The lowest BCUT2D eigenvalue weighted by atomic mass is 9.80. The lowest BCUT2D eigenvalue weighted by molar-refractivity contribution is -0.129. The van der Waals surface area contributed by atoms with Crippen molar-refractivity contribution in [2.75, 3.05) is 23.9 Å². The molecule has 2 fully saturated rings. The van der Waals surface area contributed by atoms with E-state index >= 15 is 0 Å². The van der Waals surface area contributed by atoms with E-state index in [4.69, 9.17) is 12.2 Å². The molecule has 4 aliphatic heterocycles. The van der Waals surface area contributed by atoms with E-state index < -0.39 is 11.8 Å². The summed E-state index contributed by atoms with van der Waals surface area (Å²) in [4.78, 5) is 59.4. The number of carbonyl (C=O) groups is 5. The summed E-state index contributed by atoms with van der Waals surface area (Å²) in [6.45, 7) is 8.82. The number of hydrogen-bond donors (Lipinski definition) is 4. The monoisotopic (exact) mass is 700 g/mol. The highest BCUT2D eigenvalue weighted by Crippen LogP contribution is 2.45. The molecule has 4 amide bonds. The van der Waals surface area contributed by atoms with Crippen molar-refractivity contribution in [1.29, 1.82) is 0 Å². The van der Waals surface area contributed by atoms with Crippen molar-refractivity contribution in [2.45, 2.75) is 57.0 Å². The maximum atomic E-state index is 11.8. The number of aldehydes is 1. The summed E-state index contributed by atoms with van der Waals surface area (Å²) in [5, 5.41) is 9.52. The van der Waals surface area contributed by atoms with E-state index in [2.05, 4.69) is 114 Å². The van der Waals surface area contributed by atoms with Crippen LogP contribution in [0.1, 0.15) is 45.2 Å². The van der Waals surface area contributed by atoms with Crippen LogP contribution in [0, 0.1) is 0 Å². The first kappa shape index (κ1) is 36.8. The molecule has 2 atom stereocenters. The van der Waals surface area contributed by atoms with Crippen LogP contribution in [0.5, 0.6) is 0 Å². The zero-order chi connectivity index (χ0) is 36.1. The molecule has 4 aliphatic rings. The highest BCUT2D eigenvalue weighted by molar-refractivity contribution is 7.80. The zero-order valence-electron chi connectivity index (χ0n) is 28.2. The molecule has 6 rings (SSSR count). The standard InChI is InChI=1S/C18H19N3O2S.C14H17NO.C4H4N2O2S/c1-18(2)12-8-4-5-9-13(12)21(3)14(18)10-6-7-11-15(22)19-17(24)20-16(11)23;1-14(2)11-7-4-5-8-12(11)15(3)13(14)9-6-10-16;7-2-1-3(8)6-4(9)5-2/h4-10,14H,1-3H3,(H2,19,20,22,23,24);4-10,13H,1-3H3;1H2,(H2,5,6,7,8,9)/b10-6+;9-6+;. The van der Waals surface area contributed by atoms with Gasteiger partial charge in [0.1, 0.15) is 18.3 Å². The molecule has 0 aromatic heterocycles. The van der Waals surface area contributed by atoms with Gasteiger partial charge < -0.3 is 20.4 Å². The Morgan fingerprint density at radius 1 is 0.673 bits per heavy atom. The summed E-state index contributed by atoms with van der Waals surface area (Å²) < 4.78 is 0. The predicted molar refractivity (Wildman–Crippen MR) is 198 cm³/mol. The Kier molecular flexibility index (Phi) is 11.3. The molecule has 0 radical (unpaired) electrons. The van der Waals surface area contributed by atoms with Crippen LogP contribution in [-0.2, 0) is 34.8 Å². The van der Waals surface area contributed by atoms with Crippen LogP contribution in [0.25, 0.3) is 0 Å². The number of thiocarbonyl (C=S) groups is 2. The summed E-state index contributed by atoms with van der Waals surface area (Å²) in [5.41, 5.74) is 5.11. The smallest absolute Gasteiger partial charge is 0.263 e. The molecule has 0 spiro atoms. The molecule has 4 heterocycles. The Morgan fingerprint density at radius 3 is 1.49 bits per heavy atom.